The molecule has 7 heteroatoms. The maximum Gasteiger partial charge on any atom is 0.325 e. The molecule has 0 radical (unpaired) electrons. The highest BCUT2D eigenvalue weighted by Crippen LogP contribution is 2.17. The van der Waals surface area contributed by atoms with Gasteiger partial charge in [-0.25, -0.2) is 4.68 Å². The third-order valence-corrected chi connectivity index (χ3v) is 4.03. The molecule has 2 N–H and O–H groups in total. The van der Waals surface area contributed by atoms with Gasteiger partial charge in [0.25, 0.3) is 0 Å². The van der Waals surface area contributed by atoms with Crippen LogP contribution >= 0.6 is 0 Å². The molecule has 0 unspecified atom stereocenters. The zero-order valence-corrected chi connectivity index (χ0v) is 14.3. The number of carbonyl (C=O) groups excluding carboxylic acids is 1. The predicted octanol–water partition coefficient (Wildman–Crippen LogP) is 2.16. The highest BCUT2D eigenvalue weighted by Gasteiger charge is 2.07. The lowest BCUT2D eigenvalue weighted by molar-refractivity contribution is -0.138. The first-order valence-corrected chi connectivity index (χ1v) is 8.45. The van der Waals surface area contributed by atoms with E-state index in [1.54, 1.807) is 0 Å². The fourth-order valence-corrected chi connectivity index (χ4v) is 2.76. The summed E-state index contributed by atoms with van der Waals surface area (Å²) >= 11 is 0. The first kappa shape index (κ1) is 17.6. The van der Waals surface area contributed by atoms with Crippen molar-refractivity contribution < 1.29 is 14.7 Å². The number of benzene rings is 2. The van der Waals surface area contributed by atoms with E-state index in [0.29, 0.717) is 12.1 Å². The van der Waals surface area contributed by atoms with Crippen molar-refractivity contribution >= 4 is 22.6 Å². The topological polar surface area (TPSA) is 97.1 Å². The number of aliphatic carboxylic acids is 1. The first-order chi connectivity index (χ1) is 12.6. The van der Waals surface area contributed by atoms with Crippen molar-refractivity contribution in [1.82, 2.24) is 20.3 Å². The van der Waals surface area contributed by atoms with Crippen molar-refractivity contribution in [3.05, 3.63) is 59.9 Å². The Morgan fingerprint density at radius 1 is 1.12 bits per heavy atom. The van der Waals surface area contributed by atoms with Gasteiger partial charge in [0.15, 0.2) is 0 Å². The lowest BCUT2D eigenvalue weighted by Gasteiger charge is -2.05. The molecule has 0 spiro atoms. The lowest BCUT2D eigenvalue weighted by atomic mass is 10.0. The number of carboxylic acids is 1. The number of nitrogens with zero attached hydrogens (tertiary/aromatic N) is 3. The minimum atomic E-state index is -0.987. The Balaban J connectivity index is 1.42. The summed E-state index contributed by atoms with van der Waals surface area (Å²) < 4.78 is 1.23. The summed E-state index contributed by atoms with van der Waals surface area (Å²) in [6, 6.07) is 14.6. The van der Waals surface area contributed by atoms with Gasteiger partial charge in [-0.1, -0.05) is 47.7 Å². The average molecular weight is 352 g/mol. The van der Waals surface area contributed by atoms with Crippen LogP contribution in [-0.2, 0) is 29.1 Å². The van der Waals surface area contributed by atoms with Crippen LogP contribution in [0.1, 0.15) is 24.1 Å². The molecule has 0 aliphatic rings. The molecule has 0 saturated carbocycles. The summed E-state index contributed by atoms with van der Waals surface area (Å²) in [5.41, 5.74) is 1.75. The predicted molar refractivity (Wildman–Crippen MR) is 96.4 cm³/mol. The molecular formula is C19H20N4O3. The second kappa shape index (κ2) is 8.24. The molecule has 0 fully saturated rings. The van der Waals surface area contributed by atoms with Crippen LogP contribution in [0.25, 0.3) is 10.8 Å². The highest BCUT2D eigenvalue weighted by atomic mass is 16.4. The van der Waals surface area contributed by atoms with Gasteiger partial charge in [-0.05, 0) is 29.2 Å². The van der Waals surface area contributed by atoms with Gasteiger partial charge in [0, 0.05) is 6.42 Å². The summed E-state index contributed by atoms with van der Waals surface area (Å²) in [6.07, 6.45) is 3.54. The molecule has 7 nitrogen and oxygen atoms in total. The number of aryl methyl sites for hydroxylation is 1. The normalized spacial score (nSPS) is 10.8. The van der Waals surface area contributed by atoms with Crippen LogP contribution in [0.3, 0.4) is 0 Å². The molecule has 3 aromatic rings. The van der Waals surface area contributed by atoms with Crippen LogP contribution in [0.2, 0.25) is 0 Å². The van der Waals surface area contributed by atoms with Gasteiger partial charge in [-0.15, -0.1) is 5.10 Å². The Morgan fingerprint density at radius 2 is 1.92 bits per heavy atom. The average Bonchev–Trinajstić information content (AvgIpc) is 3.06. The molecule has 0 aliphatic heterocycles. The standard InChI is InChI=1S/C19H20N4O3/c24-18(20-11-17-12-23(22-21-17)13-19(25)26)7-3-4-14-8-9-15-5-1-2-6-16(15)10-14/h1-2,5-6,8-10,12H,3-4,7,11,13H2,(H,20,24)(H,25,26). The second-order valence-electron chi connectivity index (χ2n) is 6.11. The van der Waals surface area contributed by atoms with Crippen molar-refractivity contribution in [2.24, 2.45) is 0 Å². The van der Waals surface area contributed by atoms with Crippen LogP contribution in [-0.4, -0.2) is 32.0 Å². The van der Waals surface area contributed by atoms with Crippen molar-refractivity contribution in [3.63, 3.8) is 0 Å². The Hall–Kier alpha value is -3.22. The maximum absolute atomic E-state index is 11.9. The molecule has 0 atom stereocenters. The number of carboxylic acid groups (broad SMARTS) is 1. The van der Waals surface area contributed by atoms with Crippen LogP contribution in [0, 0.1) is 0 Å². The molecule has 3 rings (SSSR count). The molecule has 0 aliphatic carbocycles. The number of fused-ring (bicyclic) bond motifs is 1. The summed E-state index contributed by atoms with van der Waals surface area (Å²) in [5, 5.41) is 21.4. The summed E-state index contributed by atoms with van der Waals surface area (Å²) in [5.74, 6) is -1.04. The molecule has 1 heterocycles. The van der Waals surface area contributed by atoms with E-state index in [2.05, 4.69) is 46.0 Å². The molecule has 2 aromatic carbocycles. The van der Waals surface area contributed by atoms with Crippen LogP contribution in [0.4, 0.5) is 0 Å². The van der Waals surface area contributed by atoms with E-state index >= 15 is 0 Å². The zero-order chi connectivity index (χ0) is 18.4. The third kappa shape index (κ3) is 4.89. The van der Waals surface area contributed by atoms with Gasteiger partial charge in [-0.3, -0.25) is 9.59 Å². The number of amides is 1. The highest BCUT2D eigenvalue weighted by molar-refractivity contribution is 5.83. The minimum Gasteiger partial charge on any atom is -0.480 e. The van der Waals surface area contributed by atoms with E-state index in [-0.39, 0.29) is 19.0 Å². The number of hydrogen-bond donors (Lipinski definition) is 2. The second-order valence-corrected chi connectivity index (χ2v) is 6.11. The van der Waals surface area contributed by atoms with Crippen LogP contribution in [0.15, 0.2) is 48.7 Å². The van der Waals surface area contributed by atoms with Crippen LogP contribution < -0.4 is 5.32 Å². The zero-order valence-electron chi connectivity index (χ0n) is 14.3. The summed E-state index contributed by atoms with van der Waals surface area (Å²) in [4.78, 5) is 22.5. The van der Waals surface area contributed by atoms with E-state index in [1.165, 1.54) is 27.2 Å². The van der Waals surface area contributed by atoms with E-state index in [9.17, 15) is 9.59 Å². The number of rotatable bonds is 8. The fourth-order valence-electron chi connectivity index (χ4n) is 2.76. The maximum atomic E-state index is 11.9. The first-order valence-electron chi connectivity index (χ1n) is 8.45. The van der Waals surface area contributed by atoms with Crippen molar-refractivity contribution in [2.45, 2.75) is 32.4 Å². The van der Waals surface area contributed by atoms with Gasteiger partial charge in [-0.2, -0.15) is 0 Å². The molecular weight excluding hydrogens is 332 g/mol. The Kier molecular flexibility index (Phi) is 5.58. The van der Waals surface area contributed by atoms with Crippen molar-refractivity contribution in [2.75, 3.05) is 0 Å². The summed E-state index contributed by atoms with van der Waals surface area (Å²) in [6.45, 7) is 0.00112. The quantitative estimate of drug-likeness (QED) is 0.647. The monoisotopic (exact) mass is 352 g/mol. The SMILES string of the molecule is O=C(O)Cn1cc(CNC(=O)CCCc2ccc3ccccc3c2)nn1. The van der Waals surface area contributed by atoms with Gasteiger partial charge >= 0.3 is 5.97 Å². The van der Waals surface area contributed by atoms with E-state index in [4.69, 9.17) is 5.11 Å². The number of aromatic nitrogens is 3. The van der Waals surface area contributed by atoms with Gasteiger partial charge < -0.3 is 10.4 Å². The Bertz CT molecular complexity index is 920. The molecule has 1 aromatic heterocycles. The van der Waals surface area contributed by atoms with E-state index < -0.39 is 5.97 Å². The molecule has 0 bridgehead atoms. The fraction of sp³-hybridized carbons (Fsp3) is 0.263. The number of hydrogen-bond acceptors (Lipinski definition) is 4. The molecule has 134 valence electrons. The molecule has 0 saturated heterocycles. The molecule has 1 amide bonds. The molecule has 26 heavy (non-hydrogen) atoms. The van der Waals surface area contributed by atoms with Crippen molar-refractivity contribution in [1.29, 1.82) is 0 Å². The Labute approximate surface area is 150 Å². The van der Waals surface area contributed by atoms with Gasteiger partial charge in [0.1, 0.15) is 12.2 Å². The van der Waals surface area contributed by atoms with Gasteiger partial charge in [0.2, 0.25) is 5.91 Å². The largest absolute Gasteiger partial charge is 0.480 e. The third-order valence-electron chi connectivity index (χ3n) is 4.03. The number of carbonyl (C=O) groups is 2. The number of nitrogens with one attached hydrogen (secondary N) is 1. The Morgan fingerprint density at radius 3 is 2.73 bits per heavy atom. The van der Waals surface area contributed by atoms with Crippen LogP contribution in [0.5, 0.6) is 0 Å². The summed E-state index contributed by atoms with van der Waals surface area (Å²) in [7, 11) is 0. The van der Waals surface area contributed by atoms with Crippen molar-refractivity contribution in [3.8, 4) is 0 Å². The van der Waals surface area contributed by atoms with E-state index in [1.807, 2.05) is 12.1 Å². The van der Waals surface area contributed by atoms with E-state index in [0.717, 1.165) is 12.8 Å². The lowest BCUT2D eigenvalue weighted by Crippen LogP contribution is -2.22. The minimum absolute atomic E-state index is 0.0569. The smallest absolute Gasteiger partial charge is 0.325 e. The van der Waals surface area contributed by atoms with Gasteiger partial charge in [0.05, 0.1) is 12.7 Å².